The van der Waals surface area contributed by atoms with Gasteiger partial charge in [0.25, 0.3) is 5.91 Å². The van der Waals surface area contributed by atoms with Crippen LogP contribution < -0.4 is 10.1 Å². The van der Waals surface area contributed by atoms with Gasteiger partial charge >= 0.3 is 0 Å². The summed E-state index contributed by atoms with van der Waals surface area (Å²) in [6.45, 7) is 6.38. The molecule has 26 heavy (non-hydrogen) atoms. The second-order valence-corrected chi connectivity index (χ2v) is 6.94. The number of rotatable bonds is 4. The van der Waals surface area contributed by atoms with Crippen LogP contribution >= 0.6 is 11.8 Å². The zero-order chi connectivity index (χ0) is 18.7. The molecule has 3 rings (SSSR count). The SMILES string of the molecule is CCOc1cc(/C=C2/SC(=Nc3ccc(C)c(C)c3)NC2=O)ccc1O. The first-order valence-electron chi connectivity index (χ1n) is 8.29. The fraction of sp³-hybridized carbons (Fsp3) is 0.200. The first-order chi connectivity index (χ1) is 12.5. The summed E-state index contributed by atoms with van der Waals surface area (Å²) in [7, 11) is 0. The number of phenols is 1. The third-order valence-corrected chi connectivity index (χ3v) is 4.86. The Balaban J connectivity index is 1.83. The number of hydrogen-bond donors (Lipinski definition) is 2. The van der Waals surface area contributed by atoms with Gasteiger partial charge in [0.1, 0.15) is 0 Å². The highest BCUT2D eigenvalue weighted by atomic mass is 32.2. The lowest BCUT2D eigenvalue weighted by Gasteiger charge is -2.06. The van der Waals surface area contributed by atoms with Gasteiger partial charge < -0.3 is 15.2 Å². The smallest absolute Gasteiger partial charge is 0.264 e. The monoisotopic (exact) mass is 368 g/mol. The maximum absolute atomic E-state index is 12.2. The van der Waals surface area contributed by atoms with Crippen molar-refractivity contribution in [3.8, 4) is 11.5 Å². The lowest BCUT2D eigenvalue weighted by atomic mass is 10.1. The van der Waals surface area contributed by atoms with Crippen LogP contribution in [0, 0.1) is 13.8 Å². The summed E-state index contributed by atoms with van der Waals surface area (Å²) in [4.78, 5) is 17.3. The van der Waals surface area contributed by atoms with Gasteiger partial charge in [-0.3, -0.25) is 4.79 Å². The Kier molecular flexibility index (Phi) is 5.32. The molecule has 6 heteroatoms. The summed E-state index contributed by atoms with van der Waals surface area (Å²) in [6.07, 6.45) is 1.75. The van der Waals surface area contributed by atoms with E-state index in [1.165, 1.54) is 17.3 Å². The second kappa shape index (κ2) is 7.66. The van der Waals surface area contributed by atoms with E-state index < -0.39 is 0 Å². The predicted octanol–water partition coefficient (Wildman–Crippen LogP) is 4.30. The van der Waals surface area contributed by atoms with E-state index in [4.69, 9.17) is 4.74 Å². The fourth-order valence-corrected chi connectivity index (χ4v) is 3.28. The number of ether oxygens (including phenoxy) is 1. The highest BCUT2D eigenvalue weighted by Gasteiger charge is 2.24. The summed E-state index contributed by atoms with van der Waals surface area (Å²) in [6, 6.07) is 10.9. The van der Waals surface area contributed by atoms with Gasteiger partial charge in [0.15, 0.2) is 16.7 Å². The predicted molar refractivity (Wildman–Crippen MR) is 106 cm³/mol. The first kappa shape index (κ1) is 18.1. The van der Waals surface area contributed by atoms with Crippen molar-refractivity contribution in [1.29, 1.82) is 0 Å². The maximum Gasteiger partial charge on any atom is 0.264 e. The van der Waals surface area contributed by atoms with Crippen LogP contribution in [0.3, 0.4) is 0 Å². The molecule has 0 spiro atoms. The number of aliphatic imine (C=N–C) groups is 1. The van der Waals surface area contributed by atoms with Crippen molar-refractivity contribution in [2.24, 2.45) is 4.99 Å². The van der Waals surface area contributed by atoms with E-state index in [2.05, 4.69) is 10.3 Å². The lowest BCUT2D eigenvalue weighted by Crippen LogP contribution is -2.19. The van der Waals surface area contributed by atoms with Crippen LogP contribution in [0.25, 0.3) is 6.08 Å². The third-order valence-electron chi connectivity index (χ3n) is 3.95. The molecule has 134 valence electrons. The van der Waals surface area contributed by atoms with Crippen LogP contribution in [-0.2, 0) is 4.79 Å². The number of nitrogens with zero attached hydrogens (tertiary/aromatic N) is 1. The van der Waals surface area contributed by atoms with Crippen molar-refractivity contribution >= 4 is 34.6 Å². The minimum atomic E-state index is -0.191. The van der Waals surface area contributed by atoms with Crippen molar-refractivity contribution in [2.45, 2.75) is 20.8 Å². The molecule has 0 atom stereocenters. The van der Waals surface area contributed by atoms with Gasteiger partial charge in [-0.25, -0.2) is 4.99 Å². The number of amidine groups is 1. The molecule has 1 saturated heterocycles. The van der Waals surface area contributed by atoms with E-state index >= 15 is 0 Å². The first-order valence-corrected chi connectivity index (χ1v) is 9.10. The molecule has 0 aromatic heterocycles. The van der Waals surface area contributed by atoms with Crippen molar-refractivity contribution in [3.05, 3.63) is 58.0 Å². The average Bonchev–Trinajstić information content (AvgIpc) is 2.93. The van der Waals surface area contributed by atoms with Crippen molar-refractivity contribution in [1.82, 2.24) is 5.32 Å². The molecular weight excluding hydrogens is 348 g/mol. The molecule has 0 aliphatic carbocycles. The van der Waals surface area contributed by atoms with Gasteiger partial charge in [-0.2, -0.15) is 0 Å². The number of aryl methyl sites for hydroxylation is 2. The Labute approximate surface area is 156 Å². The molecule has 1 fully saturated rings. The summed E-state index contributed by atoms with van der Waals surface area (Å²) in [5.41, 5.74) is 3.94. The Hall–Kier alpha value is -2.73. The number of nitrogens with one attached hydrogen (secondary N) is 1. The third kappa shape index (κ3) is 4.08. The number of aromatic hydroxyl groups is 1. The van der Waals surface area contributed by atoms with Gasteiger partial charge in [0, 0.05) is 0 Å². The Bertz CT molecular complexity index is 919. The van der Waals surface area contributed by atoms with Crippen molar-refractivity contribution < 1.29 is 14.6 Å². The fourth-order valence-electron chi connectivity index (χ4n) is 2.44. The number of carbonyl (C=O) groups excluding carboxylic acids is 1. The van der Waals surface area contributed by atoms with Gasteiger partial charge in [-0.05, 0) is 79.6 Å². The van der Waals surface area contributed by atoms with Crippen LogP contribution in [0.15, 0.2) is 46.3 Å². The number of carbonyl (C=O) groups is 1. The van der Waals surface area contributed by atoms with Crippen LogP contribution in [-0.4, -0.2) is 22.8 Å². The van der Waals surface area contributed by atoms with E-state index in [1.807, 2.05) is 39.0 Å². The normalized spacial score (nSPS) is 17.0. The number of hydrogen-bond acceptors (Lipinski definition) is 5. The molecule has 2 aromatic rings. The number of phenolic OH excluding ortho intramolecular Hbond substituents is 1. The molecule has 2 N–H and O–H groups in total. The van der Waals surface area contributed by atoms with Crippen LogP contribution in [0.1, 0.15) is 23.6 Å². The van der Waals surface area contributed by atoms with Gasteiger partial charge in [0.2, 0.25) is 0 Å². The molecule has 1 heterocycles. The highest BCUT2D eigenvalue weighted by molar-refractivity contribution is 8.18. The van der Waals surface area contributed by atoms with Crippen LogP contribution in [0.2, 0.25) is 0 Å². The largest absolute Gasteiger partial charge is 0.504 e. The summed E-state index contributed by atoms with van der Waals surface area (Å²) in [5.74, 6) is 0.285. The molecule has 0 saturated carbocycles. The standard InChI is InChI=1S/C20H20N2O3S/c1-4-25-17-10-14(6-8-16(17)23)11-18-19(24)22-20(26-18)21-15-7-5-12(2)13(3)9-15/h5-11,23H,4H2,1-3H3,(H,21,22,24)/b18-11+. The molecule has 2 aromatic carbocycles. The Morgan fingerprint density at radius 1 is 1.19 bits per heavy atom. The van der Waals surface area contributed by atoms with Crippen molar-refractivity contribution in [3.63, 3.8) is 0 Å². The molecular formula is C20H20N2O3S. The average molecular weight is 368 g/mol. The van der Waals surface area contributed by atoms with E-state index in [-0.39, 0.29) is 11.7 Å². The summed E-state index contributed by atoms with van der Waals surface area (Å²) in [5, 5.41) is 13.1. The van der Waals surface area contributed by atoms with E-state index in [9.17, 15) is 9.90 Å². The zero-order valence-electron chi connectivity index (χ0n) is 14.9. The van der Waals surface area contributed by atoms with Gasteiger partial charge in [-0.15, -0.1) is 0 Å². The molecule has 1 amide bonds. The second-order valence-electron chi connectivity index (χ2n) is 5.91. The van der Waals surface area contributed by atoms with E-state index in [0.717, 1.165) is 16.8 Å². The maximum atomic E-state index is 12.2. The minimum absolute atomic E-state index is 0.0783. The summed E-state index contributed by atoms with van der Waals surface area (Å²) >= 11 is 1.29. The number of thioether (sulfide) groups is 1. The van der Waals surface area contributed by atoms with Gasteiger partial charge in [0.05, 0.1) is 17.2 Å². The van der Waals surface area contributed by atoms with E-state index in [0.29, 0.717) is 22.4 Å². The molecule has 1 aliphatic heterocycles. The lowest BCUT2D eigenvalue weighted by molar-refractivity contribution is -0.115. The summed E-state index contributed by atoms with van der Waals surface area (Å²) < 4.78 is 5.38. The molecule has 0 unspecified atom stereocenters. The molecule has 0 bridgehead atoms. The highest BCUT2D eigenvalue weighted by Crippen LogP contribution is 2.31. The van der Waals surface area contributed by atoms with Crippen molar-refractivity contribution in [2.75, 3.05) is 6.61 Å². The topological polar surface area (TPSA) is 70.9 Å². The Morgan fingerprint density at radius 3 is 2.73 bits per heavy atom. The quantitative estimate of drug-likeness (QED) is 0.790. The van der Waals surface area contributed by atoms with Gasteiger partial charge in [-0.1, -0.05) is 12.1 Å². The van der Waals surface area contributed by atoms with E-state index in [1.54, 1.807) is 24.3 Å². The van der Waals surface area contributed by atoms with Crippen LogP contribution in [0.4, 0.5) is 5.69 Å². The Morgan fingerprint density at radius 2 is 2.00 bits per heavy atom. The van der Waals surface area contributed by atoms with Crippen LogP contribution in [0.5, 0.6) is 11.5 Å². The zero-order valence-corrected chi connectivity index (χ0v) is 15.7. The molecule has 1 aliphatic rings. The molecule has 5 nitrogen and oxygen atoms in total. The minimum Gasteiger partial charge on any atom is -0.504 e. The number of amides is 1. The number of benzene rings is 2. The molecule has 0 radical (unpaired) electrons.